The van der Waals surface area contributed by atoms with Gasteiger partial charge in [0.15, 0.2) is 0 Å². The average molecular weight is 411 g/mol. The summed E-state index contributed by atoms with van der Waals surface area (Å²) in [5, 5.41) is 4.53. The van der Waals surface area contributed by atoms with Crippen LogP contribution >= 0.6 is 11.3 Å². The SMILES string of the molecule is Cc1ccc(S(=O)(=O)N2CCC(c3nn(C)c(=O)n3C3CCCC3)CC2)s1. The monoisotopic (exact) mass is 410 g/mol. The number of rotatable bonds is 4. The van der Waals surface area contributed by atoms with Gasteiger partial charge in [0.2, 0.25) is 0 Å². The Labute approximate surface area is 163 Å². The Morgan fingerprint density at radius 1 is 1.11 bits per heavy atom. The summed E-state index contributed by atoms with van der Waals surface area (Å²) in [7, 11) is -1.71. The van der Waals surface area contributed by atoms with Crippen LogP contribution in [-0.4, -0.2) is 40.2 Å². The van der Waals surface area contributed by atoms with Gasteiger partial charge in [0.25, 0.3) is 10.0 Å². The van der Waals surface area contributed by atoms with Crippen LogP contribution in [0.3, 0.4) is 0 Å². The van der Waals surface area contributed by atoms with E-state index < -0.39 is 10.0 Å². The second kappa shape index (κ2) is 7.18. The minimum Gasteiger partial charge on any atom is -0.276 e. The maximum Gasteiger partial charge on any atom is 0.345 e. The van der Waals surface area contributed by atoms with Crippen molar-refractivity contribution in [1.29, 1.82) is 0 Å². The fourth-order valence-electron chi connectivity index (χ4n) is 4.31. The summed E-state index contributed by atoms with van der Waals surface area (Å²) in [6.07, 6.45) is 5.78. The molecule has 0 aromatic carbocycles. The molecule has 0 bridgehead atoms. The van der Waals surface area contributed by atoms with Gasteiger partial charge < -0.3 is 0 Å². The zero-order valence-electron chi connectivity index (χ0n) is 15.8. The molecular formula is C18H26N4O3S2. The van der Waals surface area contributed by atoms with Gasteiger partial charge in [0.1, 0.15) is 10.0 Å². The summed E-state index contributed by atoms with van der Waals surface area (Å²) in [6.45, 7) is 2.86. The van der Waals surface area contributed by atoms with E-state index in [4.69, 9.17) is 0 Å². The first-order valence-electron chi connectivity index (χ1n) is 9.60. The molecule has 2 aromatic heterocycles. The predicted octanol–water partition coefficient (Wildman–Crippen LogP) is 2.64. The minimum atomic E-state index is -3.42. The van der Waals surface area contributed by atoms with Crippen molar-refractivity contribution in [3.05, 3.63) is 33.3 Å². The molecule has 7 nitrogen and oxygen atoms in total. The highest BCUT2D eigenvalue weighted by molar-refractivity contribution is 7.91. The molecule has 148 valence electrons. The summed E-state index contributed by atoms with van der Waals surface area (Å²) in [4.78, 5) is 13.6. The van der Waals surface area contributed by atoms with E-state index in [-0.39, 0.29) is 17.6 Å². The Hall–Kier alpha value is -1.45. The van der Waals surface area contributed by atoms with Crippen molar-refractivity contribution in [3.63, 3.8) is 0 Å². The average Bonchev–Trinajstić information content (AvgIpc) is 3.37. The van der Waals surface area contributed by atoms with Crippen molar-refractivity contribution < 1.29 is 8.42 Å². The van der Waals surface area contributed by atoms with E-state index in [2.05, 4.69) is 5.10 Å². The molecule has 1 saturated carbocycles. The molecule has 9 heteroatoms. The Morgan fingerprint density at radius 3 is 2.37 bits per heavy atom. The number of hydrogen-bond acceptors (Lipinski definition) is 5. The molecular weight excluding hydrogens is 384 g/mol. The fourth-order valence-corrected chi connectivity index (χ4v) is 7.22. The van der Waals surface area contributed by atoms with Gasteiger partial charge in [-0.2, -0.15) is 9.40 Å². The molecule has 1 saturated heterocycles. The van der Waals surface area contributed by atoms with E-state index >= 15 is 0 Å². The lowest BCUT2D eigenvalue weighted by atomic mass is 9.97. The molecule has 0 amide bonds. The predicted molar refractivity (Wildman–Crippen MR) is 105 cm³/mol. The molecule has 0 atom stereocenters. The molecule has 0 unspecified atom stereocenters. The summed E-state index contributed by atoms with van der Waals surface area (Å²) in [5.74, 6) is 0.981. The lowest BCUT2D eigenvalue weighted by Crippen LogP contribution is -2.38. The van der Waals surface area contributed by atoms with E-state index in [1.807, 2.05) is 17.6 Å². The zero-order chi connectivity index (χ0) is 19.2. The fraction of sp³-hybridized carbons (Fsp3) is 0.667. The van der Waals surface area contributed by atoms with Crippen LogP contribution in [0.1, 0.15) is 61.2 Å². The molecule has 2 fully saturated rings. The number of piperidine rings is 1. The van der Waals surface area contributed by atoms with Crippen LogP contribution in [0, 0.1) is 6.92 Å². The van der Waals surface area contributed by atoms with Crippen molar-refractivity contribution >= 4 is 21.4 Å². The molecule has 2 aromatic rings. The maximum absolute atomic E-state index is 12.8. The smallest absolute Gasteiger partial charge is 0.276 e. The summed E-state index contributed by atoms with van der Waals surface area (Å²) >= 11 is 1.32. The third-order valence-electron chi connectivity index (χ3n) is 5.80. The van der Waals surface area contributed by atoms with Crippen LogP contribution in [0.2, 0.25) is 0 Å². The van der Waals surface area contributed by atoms with Crippen LogP contribution < -0.4 is 5.69 Å². The van der Waals surface area contributed by atoms with Gasteiger partial charge in [-0.25, -0.2) is 17.9 Å². The number of thiophene rings is 1. The summed E-state index contributed by atoms with van der Waals surface area (Å²) in [6, 6.07) is 3.79. The van der Waals surface area contributed by atoms with Crippen LogP contribution in [0.25, 0.3) is 0 Å². The first-order chi connectivity index (χ1) is 12.9. The largest absolute Gasteiger partial charge is 0.345 e. The highest BCUT2D eigenvalue weighted by Crippen LogP contribution is 2.35. The Kier molecular flexibility index (Phi) is 5.02. The van der Waals surface area contributed by atoms with Crippen molar-refractivity contribution in [2.24, 2.45) is 7.05 Å². The van der Waals surface area contributed by atoms with Crippen molar-refractivity contribution in [2.45, 2.75) is 61.6 Å². The molecule has 2 aliphatic rings. The molecule has 1 aliphatic heterocycles. The van der Waals surface area contributed by atoms with Gasteiger partial charge in [-0.3, -0.25) is 4.57 Å². The second-order valence-corrected chi connectivity index (χ2v) is 11.1. The molecule has 4 rings (SSSR count). The van der Waals surface area contributed by atoms with Crippen LogP contribution in [-0.2, 0) is 17.1 Å². The van der Waals surface area contributed by atoms with Gasteiger partial charge in [-0.1, -0.05) is 12.8 Å². The van der Waals surface area contributed by atoms with E-state index in [1.54, 1.807) is 17.4 Å². The van der Waals surface area contributed by atoms with Gasteiger partial charge in [-0.05, 0) is 44.7 Å². The number of hydrogen-bond donors (Lipinski definition) is 0. The van der Waals surface area contributed by atoms with Crippen molar-refractivity contribution in [1.82, 2.24) is 18.7 Å². The first-order valence-corrected chi connectivity index (χ1v) is 11.9. The highest BCUT2D eigenvalue weighted by atomic mass is 32.2. The Bertz CT molecular complexity index is 975. The molecule has 0 spiro atoms. The summed E-state index contributed by atoms with van der Waals surface area (Å²) < 4.78 is 31.0. The van der Waals surface area contributed by atoms with Crippen LogP contribution in [0.5, 0.6) is 0 Å². The van der Waals surface area contributed by atoms with E-state index in [0.717, 1.165) is 36.4 Å². The zero-order valence-corrected chi connectivity index (χ0v) is 17.4. The van der Waals surface area contributed by atoms with Gasteiger partial charge in [0.05, 0.1) is 0 Å². The Balaban J connectivity index is 1.53. The molecule has 27 heavy (non-hydrogen) atoms. The lowest BCUT2D eigenvalue weighted by molar-refractivity contribution is 0.304. The molecule has 1 aliphatic carbocycles. The third-order valence-corrected chi connectivity index (χ3v) is 9.17. The number of aromatic nitrogens is 3. The Morgan fingerprint density at radius 2 is 1.78 bits per heavy atom. The van der Waals surface area contributed by atoms with Crippen molar-refractivity contribution in [3.8, 4) is 0 Å². The topological polar surface area (TPSA) is 77.2 Å². The molecule has 0 N–H and O–H groups in total. The highest BCUT2D eigenvalue weighted by Gasteiger charge is 2.34. The summed E-state index contributed by atoms with van der Waals surface area (Å²) in [5.41, 5.74) is -0.0407. The standard InChI is InChI=1S/C18H26N4O3S2/c1-13-7-8-16(26-13)27(24,25)21-11-9-14(10-12-21)17-19-20(2)18(23)22(17)15-5-3-4-6-15/h7-8,14-15H,3-6,9-12H2,1-2H3. The number of nitrogens with zero attached hydrogens (tertiary/aromatic N) is 4. The third kappa shape index (κ3) is 3.40. The van der Waals surface area contributed by atoms with Gasteiger partial charge in [-0.15, -0.1) is 11.3 Å². The quantitative estimate of drug-likeness (QED) is 0.776. The van der Waals surface area contributed by atoms with Crippen molar-refractivity contribution in [2.75, 3.05) is 13.1 Å². The van der Waals surface area contributed by atoms with E-state index in [9.17, 15) is 13.2 Å². The number of aryl methyl sites for hydroxylation is 2. The van der Waals surface area contributed by atoms with Gasteiger partial charge in [0, 0.05) is 37.0 Å². The molecule has 0 radical (unpaired) electrons. The van der Waals surface area contributed by atoms with Gasteiger partial charge >= 0.3 is 5.69 Å². The maximum atomic E-state index is 12.8. The second-order valence-electron chi connectivity index (χ2n) is 7.62. The van der Waals surface area contributed by atoms with Crippen LogP contribution in [0.4, 0.5) is 0 Å². The number of sulfonamides is 1. The van der Waals surface area contributed by atoms with Crippen LogP contribution in [0.15, 0.2) is 21.1 Å². The normalized spacial score (nSPS) is 20.5. The molecule has 3 heterocycles. The van der Waals surface area contributed by atoms with E-state index in [1.165, 1.54) is 16.0 Å². The lowest BCUT2D eigenvalue weighted by Gasteiger charge is -2.31. The first kappa shape index (κ1) is 18.9. The minimum absolute atomic E-state index is 0.0407. The van der Waals surface area contributed by atoms with E-state index in [0.29, 0.717) is 30.1 Å².